The van der Waals surface area contributed by atoms with Gasteiger partial charge in [0.15, 0.2) is 12.4 Å². The van der Waals surface area contributed by atoms with E-state index in [0.717, 1.165) is 21.5 Å². The summed E-state index contributed by atoms with van der Waals surface area (Å²) in [5.74, 6) is 0.561. The Morgan fingerprint density at radius 1 is 1.14 bits per heavy atom. The number of carbonyl (C=O) groups is 2. The molecule has 0 fully saturated rings. The summed E-state index contributed by atoms with van der Waals surface area (Å²) in [6, 6.07) is 13.1. The maximum atomic E-state index is 12.6. The van der Waals surface area contributed by atoms with Gasteiger partial charge in [0.25, 0.3) is 0 Å². The minimum absolute atomic E-state index is 0.256. The zero-order chi connectivity index (χ0) is 19.8. The Morgan fingerprint density at radius 3 is 2.64 bits per heavy atom. The highest BCUT2D eigenvalue weighted by Gasteiger charge is 2.20. The maximum absolute atomic E-state index is 12.6. The van der Waals surface area contributed by atoms with Crippen molar-refractivity contribution in [2.45, 2.75) is 20.8 Å². The maximum Gasteiger partial charge on any atom is 0.348 e. The van der Waals surface area contributed by atoms with E-state index in [1.54, 1.807) is 18.2 Å². The third kappa shape index (κ3) is 3.25. The lowest BCUT2D eigenvalue weighted by atomic mass is 10.1. The van der Waals surface area contributed by atoms with Crippen LogP contribution in [0.3, 0.4) is 0 Å². The summed E-state index contributed by atoms with van der Waals surface area (Å²) in [4.78, 5) is 25.5. The molecule has 6 nitrogen and oxygen atoms in total. The van der Waals surface area contributed by atoms with Crippen molar-refractivity contribution in [1.82, 2.24) is 9.72 Å². The van der Waals surface area contributed by atoms with Crippen molar-refractivity contribution in [2.75, 3.05) is 6.61 Å². The fourth-order valence-corrected chi connectivity index (χ4v) is 4.18. The number of fused-ring (bicyclic) bond motifs is 1. The van der Waals surface area contributed by atoms with Gasteiger partial charge in [-0.05, 0) is 44.4 Å². The Balaban J connectivity index is 1.50. The van der Waals surface area contributed by atoms with Crippen LogP contribution in [0.15, 0.2) is 47.0 Å². The van der Waals surface area contributed by atoms with Gasteiger partial charge >= 0.3 is 5.97 Å². The molecule has 4 aromatic rings. The molecule has 0 unspecified atom stereocenters. The fourth-order valence-electron chi connectivity index (χ4n) is 3.22. The van der Waals surface area contributed by atoms with E-state index in [9.17, 15) is 9.59 Å². The number of esters is 1. The number of ether oxygens (including phenoxy) is 1. The van der Waals surface area contributed by atoms with Crippen LogP contribution in [0.5, 0.6) is 0 Å². The molecule has 28 heavy (non-hydrogen) atoms. The third-order valence-electron chi connectivity index (χ3n) is 4.54. The van der Waals surface area contributed by atoms with Gasteiger partial charge in [-0.25, -0.2) is 4.79 Å². The van der Waals surface area contributed by atoms with Gasteiger partial charge in [-0.3, -0.25) is 9.36 Å². The van der Waals surface area contributed by atoms with E-state index < -0.39 is 5.97 Å². The molecule has 0 saturated carbocycles. The molecule has 0 aliphatic rings. The fraction of sp³-hybridized carbons (Fsp3) is 0.190. The molecule has 0 aliphatic heterocycles. The zero-order valence-corrected chi connectivity index (χ0v) is 16.5. The third-order valence-corrected chi connectivity index (χ3v) is 5.63. The summed E-state index contributed by atoms with van der Waals surface area (Å²) in [6.07, 6.45) is 0. The number of aryl methyl sites for hydroxylation is 2. The van der Waals surface area contributed by atoms with Crippen LogP contribution in [0, 0.1) is 20.8 Å². The van der Waals surface area contributed by atoms with Crippen LogP contribution in [-0.2, 0) is 4.74 Å². The van der Waals surface area contributed by atoms with Crippen LogP contribution < -0.4 is 0 Å². The van der Waals surface area contributed by atoms with E-state index in [1.165, 1.54) is 11.3 Å². The predicted molar refractivity (Wildman–Crippen MR) is 106 cm³/mol. The number of hydrogen-bond acceptors (Lipinski definition) is 6. The first kappa shape index (κ1) is 18.2. The highest BCUT2D eigenvalue weighted by molar-refractivity contribution is 7.20. The van der Waals surface area contributed by atoms with Crippen LogP contribution in [0.2, 0.25) is 0 Å². The molecule has 3 aromatic heterocycles. The van der Waals surface area contributed by atoms with E-state index in [1.807, 2.05) is 49.6 Å². The van der Waals surface area contributed by atoms with Gasteiger partial charge in [0.05, 0.1) is 0 Å². The minimum atomic E-state index is -0.490. The summed E-state index contributed by atoms with van der Waals surface area (Å²) in [7, 11) is 0. The van der Waals surface area contributed by atoms with Crippen molar-refractivity contribution in [1.29, 1.82) is 0 Å². The van der Waals surface area contributed by atoms with Gasteiger partial charge in [-0.2, -0.15) is 0 Å². The van der Waals surface area contributed by atoms with Gasteiger partial charge < -0.3 is 9.26 Å². The number of carbonyl (C=O) groups excluding carboxylic acids is 2. The molecule has 0 spiro atoms. The molecule has 0 bridgehead atoms. The van der Waals surface area contributed by atoms with E-state index in [4.69, 9.17) is 9.26 Å². The number of hydrogen-bond donors (Lipinski definition) is 0. The molecule has 142 valence electrons. The smallest absolute Gasteiger partial charge is 0.348 e. The lowest BCUT2D eigenvalue weighted by Gasteiger charge is -2.05. The second-order valence-corrected chi connectivity index (χ2v) is 7.65. The van der Waals surface area contributed by atoms with Gasteiger partial charge in [0.2, 0.25) is 5.78 Å². The highest BCUT2D eigenvalue weighted by atomic mass is 32.1. The van der Waals surface area contributed by atoms with Gasteiger partial charge in [0, 0.05) is 27.7 Å². The number of aromatic nitrogens is 2. The van der Waals surface area contributed by atoms with Crippen molar-refractivity contribution in [3.63, 3.8) is 0 Å². The lowest BCUT2D eigenvalue weighted by Crippen LogP contribution is -2.14. The van der Waals surface area contributed by atoms with Crippen LogP contribution in [0.25, 0.3) is 15.9 Å². The summed E-state index contributed by atoms with van der Waals surface area (Å²) in [5.41, 5.74) is 2.08. The minimum Gasteiger partial charge on any atom is -0.453 e. The average molecular weight is 394 g/mol. The first-order chi connectivity index (χ1) is 13.4. The summed E-state index contributed by atoms with van der Waals surface area (Å²) < 4.78 is 13.2. The van der Waals surface area contributed by atoms with Crippen molar-refractivity contribution in [3.05, 3.63) is 70.1 Å². The van der Waals surface area contributed by atoms with Gasteiger partial charge in [-0.15, -0.1) is 11.3 Å². The van der Waals surface area contributed by atoms with Gasteiger partial charge in [0.1, 0.15) is 10.6 Å². The van der Waals surface area contributed by atoms with E-state index in [0.29, 0.717) is 22.0 Å². The van der Waals surface area contributed by atoms with E-state index >= 15 is 0 Å². The lowest BCUT2D eigenvalue weighted by molar-refractivity contribution is 0.0479. The quantitative estimate of drug-likeness (QED) is 0.364. The number of Topliss-reactive ketones (excluding diaryl/α,β-unsaturated/α-hetero) is 1. The van der Waals surface area contributed by atoms with Crippen molar-refractivity contribution >= 4 is 33.2 Å². The molecule has 0 radical (unpaired) electrons. The number of nitrogens with zero attached hydrogens (tertiary/aromatic N) is 2. The van der Waals surface area contributed by atoms with Gasteiger partial charge in [-0.1, -0.05) is 23.4 Å². The largest absolute Gasteiger partial charge is 0.453 e. The second-order valence-electron chi connectivity index (χ2n) is 6.56. The molecule has 4 rings (SSSR count). The summed E-state index contributed by atoms with van der Waals surface area (Å²) >= 11 is 1.35. The summed E-state index contributed by atoms with van der Waals surface area (Å²) in [5, 5.41) is 4.99. The molecule has 7 heteroatoms. The van der Waals surface area contributed by atoms with Crippen LogP contribution in [-0.4, -0.2) is 28.1 Å². The van der Waals surface area contributed by atoms with Crippen molar-refractivity contribution in [3.8, 4) is 5.82 Å². The monoisotopic (exact) mass is 394 g/mol. The number of thiophene rings is 1. The molecule has 0 saturated heterocycles. The molecule has 1 aromatic carbocycles. The normalized spacial score (nSPS) is 11.1. The Bertz CT molecular complexity index is 1170. The Kier molecular flexibility index (Phi) is 4.60. The zero-order valence-electron chi connectivity index (χ0n) is 15.7. The molecular weight excluding hydrogens is 376 g/mol. The Hall–Kier alpha value is -3.19. The summed E-state index contributed by atoms with van der Waals surface area (Å²) in [6.45, 7) is 5.22. The van der Waals surface area contributed by atoms with Crippen LogP contribution in [0.4, 0.5) is 0 Å². The highest BCUT2D eigenvalue weighted by Crippen LogP contribution is 2.26. The van der Waals surface area contributed by atoms with Crippen LogP contribution >= 0.6 is 11.3 Å². The molecule has 0 atom stereocenters. The Labute approximate surface area is 165 Å². The Morgan fingerprint density at radius 2 is 1.93 bits per heavy atom. The molecule has 0 amide bonds. The van der Waals surface area contributed by atoms with Crippen LogP contribution in [0.1, 0.15) is 37.2 Å². The molecule has 0 aliphatic carbocycles. The number of benzene rings is 1. The second kappa shape index (κ2) is 7.09. The predicted octanol–water partition coefficient (Wildman–Crippen LogP) is 4.64. The molecular formula is C21H18N2O4S. The SMILES string of the molecule is Cc1cc(-n2c(C)cc(C(=O)COC(=O)c3cc4ccccc4s3)c2C)no1. The first-order valence-electron chi connectivity index (χ1n) is 8.75. The number of ketones is 1. The standard InChI is InChI=1S/C21H18N2O4S/c1-12-8-16(14(3)23(12)20-9-13(2)27-22-20)17(24)11-26-21(25)19-10-15-6-4-5-7-18(15)28-19/h4-10H,11H2,1-3H3. The van der Waals surface area contributed by atoms with E-state index in [2.05, 4.69) is 5.16 Å². The molecule has 0 N–H and O–H groups in total. The number of rotatable bonds is 5. The van der Waals surface area contributed by atoms with E-state index in [-0.39, 0.29) is 12.4 Å². The van der Waals surface area contributed by atoms with Crippen molar-refractivity contribution < 1.29 is 18.8 Å². The molecule has 3 heterocycles. The van der Waals surface area contributed by atoms with Crippen molar-refractivity contribution in [2.24, 2.45) is 0 Å². The first-order valence-corrected chi connectivity index (χ1v) is 9.57. The topological polar surface area (TPSA) is 74.3 Å². The average Bonchev–Trinajstić information content (AvgIpc) is 3.36.